The highest BCUT2D eigenvalue weighted by Gasteiger charge is 2.32. The Kier molecular flexibility index (Phi) is 14.4. The molecular weight excluding hydrogens is 481 g/mol. The quantitative estimate of drug-likeness (QED) is 0.165. The second-order valence-corrected chi connectivity index (χ2v) is 11.2. The van der Waals surface area contributed by atoms with Gasteiger partial charge in [-0.25, -0.2) is 4.79 Å². The minimum Gasteiger partial charge on any atom is -0.478 e. The number of hydrogen-bond donors (Lipinski definition) is 4. The van der Waals surface area contributed by atoms with Gasteiger partial charge >= 0.3 is 5.97 Å². The molecule has 0 saturated heterocycles. The fourth-order valence-corrected chi connectivity index (χ4v) is 5.16. The Morgan fingerprint density at radius 2 is 1.77 bits per heavy atom. The standard InChI is InChI=1S/C28H40BN3O2.C5H12/c1-5-29-19-25-23(9-8-10-24(25)28(33)34)18-27(29)32-20(4)17-21-11-13-22(14-12-21)26(31-7-3)15-16-30-6-2;1-4-5(2)3/h8-14,26-27,30-32H,4-7,15-19H2,1-3H3,(H,33,34);5H,4H2,1-3H3. The van der Waals surface area contributed by atoms with Crippen molar-refractivity contribution in [1.82, 2.24) is 16.0 Å². The minimum atomic E-state index is -0.830. The lowest BCUT2D eigenvalue weighted by atomic mass is 9.36. The van der Waals surface area contributed by atoms with Crippen LogP contribution in [-0.4, -0.2) is 43.4 Å². The zero-order valence-electron chi connectivity index (χ0n) is 25.3. The summed E-state index contributed by atoms with van der Waals surface area (Å²) in [6, 6.07) is 14.9. The molecule has 2 aromatic carbocycles. The average molecular weight is 534 g/mol. The first-order valence-corrected chi connectivity index (χ1v) is 15.0. The molecule has 2 atom stereocenters. The molecule has 0 fully saturated rings. The normalized spacial score (nSPS) is 15.3. The summed E-state index contributed by atoms with van der Waals surface area (Å²) in [5, 5.41) is 20.3. The van der Waals surface area contributed by atoms with Crippen LogP contribution in [-0.2, 0) is 19.2 Å². The fourth-order valence-electron chi connectivity index (χ4n) is 5.16. The van der Waals surface area contributed by atoms with Crippen molar-refractivity contribution in [3.63, 3.8) is 0 Å². The van der Waals surface area contributed by atoms with E-state index in [0.717, 1.165) is 74.3 Å². The molecule has 3 rings (SSSR count). The summed E-state index contributed by atoms with van der Waals surface area (Å²) in [6.45, 7) is 20.8. The molecule has 0 aromatic heterocycles. The summed E-state index contributed by atoms with van der Waals surface area (Å²) in [5.41, 5.74) is 6.20. The Balaban J connectivity index is 0.000000976. The molecule has 1 heterocycles. The molecule has 6 heteroatoms. The van der Waals surface area contributed by atoms with Crippen molar-refractivity contribution in [1.29, 1.82) is 0 Å². The maximum Gasteiger partial charge on any atom is 0.335 e. The summed E-state index contributed by atoms with van der Waals surface area (Å²) in [7, 11) is 0. The highest BCUT2D eigenvalue weighted by atomic mass is 16.4. The van der Waals surface area contributed by atoms with Crippen LogP contribution in [0.4, 0.5) is 0 Å². The number of nitrogens with one attached hydrogen (secondary N) is 3. The van der Waals surface area contributed by atoms with E-state index in [1.807, 2.05) is 6.07 Å². The molecule has 0 saturated carbocycles. The maximum atomic E-state index is 11.7. The third kappa shape index (κ3) is 10.5. The molecule has 4 N–H and O–H groups in total. The van der Waals surface area contributed by atoms with E-state index in [4.69, 9.17) is 0 Å². The van der Waals surface area contributed by atoms with Crippen LogP contribution >= 0.6 is 0 Å². The van der Waals surface area contributed by atoms with Gasteiger partial charge in [0.15, 0.2) is 6.71 Å². The first kappa shape index (κ1) is 32.6. The highest BCUT2D eigenvalue weighted by molar-refractivity contribution is 6.60. The molecule has 0 amide bonds. The number of carboxylic acid groups (broad SMARTS) is 1. The van der Waals surface area contributed by atoms with E-state index in [2.05, 4.69) is 94.4 Å². The average Bonchev–Trinajstić information content (AvgIpc) is 2.92. The van der Waals surface area contributed by atoms with Gasteiger partial charge in [0.25, 0.3) is 0 Å². The molecular formula is C33H52BN3O2. The van der Waals surface area contributed by atoms with Crippen molar-refractivity contribution < 1.29 is 9.90 Å². The first-order chi connectivity index (χ1) is 18.7. The van der Waals surface area contributed by atoms with Crippen LogP contribution in [0.2, 0.25) is 6.32 Å². The van der Waals surface area contributed by atoms with Gasteiger partial charge in [0.1, 0.15) is 0 Å². The van der Waals surface area contributed by atoms with E-state index >= 15 is 0 Å². The Morgan fingerprint density at radius 1 is 1.08 bits per heavy atom. The van der Waals surface area contributed by atoms with Crippen molar-refractivity contribution in [2.75, 3.05) is 19.6 Å². The molecule has 0 spiro atoms. The van der Waals surface area contributed by atoms with Crippen LogP contribution in [0, 0.1) is 5.92 Å². The van der Waals surface area contributed by atoms with E-state index in [1.54, 1.807) is 6.07 Å². The number of benzene rings is 2. The summed E-state index contributed by atoms with van der Waals surface area (Å²) in [4.78, 5) is 11.7. The maximum absolute atomic E-state index is 11.7. The zero-order valence-corrected chi connectivity index (χ0v) is 25.3. The van der Waals surface area contributed by atoms with Crippen LogP contribution in [0.15, 0.2) is 54.7 Å². The fraction of sp³-hybridized carbons (Fsp3) is 0.545. The Bertz CT molecular complexity index is 1020. The van der Waals surface area contributed by atoms with Gasteiger partial charge in [-0.1, -0.05) is 97.3 Å². The number of aromatic carboxylic acids is 1. The van der Waals surface area contributed by atoms with Gasteiger partial charge in [-0.15, -0.1) is 0 Å². The summed E-state index contributed by atoms with van der Waals surface area (Å²) < 4.78 is 0. The Labute approximate surface area is 238 Å². The molecule has 2 unspecified atom stereocenters. The molecule has 0 radical (unpaired) electrons. The number of carbonyl (C=O) groups is 1. The van der Waals surface area contributed by atoms with Crippen molar-refractivity contribution in [3.8, 4) is 0 Å². The van der Waals surface area contributed by atoms with Crippen LogP contribution in [0.5, 0.6) is 0 Å². The van der Waals surface area contributed by atoms with Gasteiger partial charge in [0.05, 0.1) is 5.56 Å². The van der Waals surface area contributed by atoms with Gasteiger partial charge in [0, 0.05) is 24.1 Å². The predicted molar refractivity (Wildman–Crippen MR) is 168 cm³/mol. The van der Waals surface area contributed by atoms with Crippen LogP contribution in [0.1, 0.15) is 93.0 Å². The monoisotopic (exact) mass is 533 g/mol. The first-order valence-electron chi connectivity index (χ1n) is 15.0. The number of hydrogen-bond acceptors (Lipinski definition) is 4. The van der Waals surface area contributed by atoms with Gasteiger partial charge in [-0.3, -0.25) is 0 Å². The molecule has 2 aromatic rings. The van der Waals surface area contributed by atoms with Crippen molar-refractivity contribution in [3.05, 3.63) is 82.6 Å². The second kappa shape index (κ2) is 17.2. The predicted octanol–water partition coefficient (Wildman–Crippen LogP) is 6.49. The topological polar surface area (TPSA) is 73.4 Å². The molecule has 39 heavy (non-hydrogen) atoms. The van der Waals surface area contributed by atoms with Gasteiger partial charge in [-0.05, 0) is 73.0 Å². The van der Waals surface area contributed by atoms with Crippen molar-refractivity contribution in [2.45, 2.75) is 91.8 Å². The molecule has 1 aliphatic rings. The zero-order chi connectivity index (χ0) is 28.8. The van der Waals surface area contributed by atoms with Crippen molar-refractivity contribution >= 4 is 12.7 Å². The van der Waals surface area contributed by atoms with Crippen LogP contribution in [0.3, 0.4) is 0 Å². The lowest BCUT2D eigenvalue weighted by Gasteiger charge is -2.33. The lowest BCUT2D eigenvalue weighted by Crippen LogP contribution is -2.48. The highest BCUT2D eigenvalue weighted by Crippen LogP contribution is 2.27. The van der Waals surface area contributed by atoms with E-state index in [0.29, 0.717) is 18.3 Å². The molecule has 214 valence electrons. The number of carboxylic acids is 1. The summed E-state index contributed by atoms with van der Waals surface area (Å²) in [6.07, 6.45) is 5.81. The van der Waals surface area contributed by atoms with Crippen LogP contribution in [0.25, 0.3) is 0 Å². The van der Waals surface area contributed by atoms with Gasteiger partial charge < -0.3 is 21.1 Å². The Hall–Kier alpha value is -2.57. The molecule has 0 aliphatic carbocycles. The van der Waals surface area contributed by atoms with Crippen LogP contribution < -0.4 is 16.0 Å². The van der Waals surface area contributed by atoms with E-state index in [-0.39, 0.29) is 5.94 Å². The number of allylic oxidation sites excluding steroid dienone is 1. The van der Waals surface area contributed by atoms with Gasteiger partial charge in [-0.2, -0.15) is 0 Å². The minimum absolute atomic E-state index is 0.275. The summed E-state index contributed by atoms with van der Waals surface area (Å²) >= 11 is 0. The summed E-state index contributed by atoms with van der Waals surface area (Å²) in [5.74, 6) is 0.330. The van der Waals surface area contributed by atoms with E-state index in [9.17, 15) is 9.90 Å². The number of rotatable bonds is 14. The third-order valence-corrected chi connectivity index (χ3v) is 7.82. The molecule has 5 nitrogen and oxygen atoms in total. The SMILES string of the molecule is C=C(Cc1ccc(C(CCNCC)NCC)cc1)NC1Cc2cccc(C(=O)O)c2CB1CC.CCC(C)C. The second-order valence-electron chi connectivity index (χ2n) is 11.2. The molecule has 1 aliphatic heterocycles. The van der Waals surface area contributed by atoms with E-state index in [1.165, 1.54) is 17.5 Å². The Morgan fingerprint density at radius 3 is 2.33 bits per heavy atom. The number of fused-ring (bicyclic) bond motifs is 1. The lowest BCUT2D eigenvalue weighted by molar-refractivity contribution is 0.0695. The largest absolute Gasteiger partial charge is 0.478 e. The van der Waals surface area contributed by atoms with Gasteiger partial charge in [0.2, 0.25) is 0 Å². The van der Waals surface area contributed by atoms with E-state index < -0.39 is 5.97 Å². The van der Waals surface area contributed by atoms with Crippen molar-refractivity contribution in [2.24, 2.45) is 5.92 Å². The molecule has 0 bridgehead atoms. The third-order valence-electron chi connectivity index (χ3n) is 7.82. The smallest absolute Gasteiger partial charge is 0.335 e.